The minimum Gasteiger partial charge on any atom is -0.461 e. The van der Waals surface area contributed by atoms with E-state index in [1.807, 2.05) is 41.8 Å². The van der Waals surface area contributed by atoms with Crippen LogP contribution in [0.1, 0.15) is 26.3 Å². The first kappa shape index (κ1) is 19.2. The van der Waals surface area contributed by atoms with Gasteiger partial charge < -0.3 is 9.73 Å². The fourth-order valence-corrected chi connectivity index (χ4v) is 3.41. The molecule has 2 aromatic heterocycles. The van der Waals surface area contributed by atoms with Crippen molar-refractivity contribution in [2.75, 3.05) is 6.54 Å². The van der Waals surface area contributed by atoms with Gasteiger partial charge in [-0.15, -0.1) is 10.2 Å². The Morgan fingerprint density at radius 3 is 2.59 bits per heavy atom. The van der Waals surface area contributed by atoms with E-state index in [0.717, 1.165) is 5.56 Å². The van der Waals surface area contributed by atoms with Gasteiger partial charge in [0.1, 0.15) is 0 Å². The van der Waals surface area contributed by atoms with Crippen LogP contribution in [0.5, 0.6) is 0 Å². The van der Waals surface area contributed by atoms with Gasteiger partial charge in [0.15, 0.2) is 10.9 Å². The number of carbonyl (C=O) groups is 1. The van der Waals surface area contributed by atoms with Gasteiger partial charge >= 0.3 is 0 Å². The average Bonchev–Trinajstić information content (AvgIpc) is 3.31. The zero-order valence-electron chi connectivity index (χ0n) is 15.8. The molecule has 3 rings (SSSR count). The molecule has 1 N–H and O–H groups in total. The summed E-state index contributed by atoms with van der Waals surface area (Å²) in [6, 6.07) is 13.8. The molecular formula is C20H24N4O2S. The van der Waals surface area contributed by atoms with Gasteiger partial charge in [-0.05, 0) is 30.5 Å². The predicted octanol–water partition coefficient (Wildman–Crippen LogP) is 3.84. The summed E-state index contributed by atoms with van der Waals surface area (Å²) in [5, 5.41) is 12.0. The second-order valence-corrected chi connectivity index (χ2v) is 8.06. The van der Waals surface area contributed by atoms with E-state index in [0.29, 0.717) is 35.7 Å². The topological polar surface area (TPSA) is 73.0 Å². The number of hydrogen-bond acceptors (Lipinski definition) is 5. The lowest BCUT2D eigenvalue weighted by molar-refractivity contribution is -0.120. The molecule has 0 aliphatic heterocycles. The first-order valence-corrected chi connectivity index (χ1v) is 9.88. The Labute approximate surface area is 163 Å². The number of rotatable bonds is 8. The van der Waals surface area contributed by atoms with Crippen molar-refractivity contribution >= 4 is 17.7 Å². The summed E-state index contributed by atoms with van der Waals surface area (Å²) >= 11 is 1.40. The van der Waals surface area contributed by atoms with Crippen molar-refractivity contribution in [3.8, 4) is 11.6 Å². The van der Waals surface area contributed by atoms with Gasteiger partial charge in [0.05, 0.1) is 18.1 Å². The standard InChI is InChI=1S/C20H24N4O2S/c1-14(2)12-21-19(25)15(3)27-20-23-22-18(17-10-7-11-26-17)24(20)13-16-8-5-4-6-9-16/h4-11,14-15H,12-13H2,1-3H3,(H,21,25). The SMILES string of the molecule is CC(C)CNC(=O)C(C)Sc1nnc(-c2ccco2)n1Cc1ccccc1. The number of nitrogens with zero attached hydrogens (tertiary/aromatic N) is 3. The van der Waals surface area contributed by atoms with Gasteiger partial charge in [-0.3, -0.25) is 9.36 Å². The molecule has 0 spiro atoms. The van der Waals surface area contributed by atoms with Crippen molar-refractivity contribution in [2.24, 2.45) is 5.92 Å². The zero-order valence-corrected chi connectivity index (χ0v) is 16.6. The molecule has 3 aromatic rings. The highest BCUT2D eigenvalue weighted by atomic mass is 32.2. The van der Waals surface area contributed by atoms with Crippen molar-refractivity contribution in [3.63, 3.8) is 0 Å². The lowest BCUT2D eigenvalue weighted by atomic mass is 10.2. The van der Waals surface area contributed by atoms with Crippen LogP contribution >= 0.6 is 11.8 Å². The normalized spacial score (nSPS) is 12.3. The van der Waals surface area contributed by atoms with Crippen molar-refractivity contribution in [2.45, 2.75) is 37.7 Å². The Morgan fingerprint density at radius 1 is 1.15 bits per heavy atom. The Balaban J connectivity index is 1.83. The molecule has 0 aliphatic carbocycles. The van der Waals surface area contributed by atoms with Gasteiger partial charge in [0, 0.05) is 6.54 Å². The fourth-order valence-electron chi connectivity index (χ4n) is 2.53. The van der Waals surface area contributed by atoms with Gasteiger partial charge in [-0.2, -0.15) is 0 Å². The van der Waals surface area contributed by atoms with E-state index in [-0.39, 0.29) is 11.2 Å². The maximum absolute atomic E-state index is 12.3. The van der Waals surface area contributed by atoms with Crippen LogP contribution in [0.3, 0.4) is 0 Å². The first-order valence-electron chi connectivity index (χ1n) is 9.00. The molecule has 0 saturated carbocycles. The molecule has 1 atom stereocenters. The minimum absolute atomic E-state index is 0.00232. The average molecular weight is 385 g/mol. The Bertz CT molecular complexity index is 860. The number of nitrogens with one attached hydrogen (secondary N) is 1. The predicted molar refractivity (Wildman–Crippen MR) is 106 cm³/mol. The molecule has 0 radical (unpaired) electrons. The highest BCUT2D eigenvalue weighted by Gasteiger charge is 2.22. The monoisotopic (exact) mass is 384 g/mol. The Morgan fingerprint density at radius 2 is 1.93 bits per heavy atom. The van der Waals surface area contributed by atoms with E-state index in [2.05, 4.69) is 41.5 Å². The third-order valence-electron chi connectivity index (χ3n) is 3.98. The lowest BCUT2D eigenvalue weighted by Crippen LogP contribution is -2.33. The van der Waals surface area contributed by atoms with E-state index in [4.69, 9.17) is 4.42 Å². The summed E-state index contributed by atoms with van der Waals surface area (Å²) in [5.74, 6) is 1.73. The zero-order chi connectivity index (χ0) is 19.2. The number of amides is 1. The Kier molecular flexibility index (Phi) is 6.34. The number of furan rings is 1. The molecule has 0 aliphatic rings. The summed E-state index contributed by atoms with van der Waals surface area (Å²) in [6.45, 7) is 7.30. The second kappa shape index (κ2) is 8.90. The highest BCUT2D eigenvalue weighted by Crippen LogP contribution is 2.28. The molecule has 6 nitrogen and oxygen atoms in total. The van der Waals surface area contributed by atoms with Crippen LogP contribution in [-0.2, 0) is 11.3 Å². The molecule has 142 valence electrons. The van der Waals surface area contributed by atoms with Crippen LogP contribution in [0, 0.1) is 5.92 Å². The number of hydrogen-bond donors (Lipinski definition) is 1. The number of aromatic nitrogens is 3. The van der Waals surface area contributed by atoms with Gasteiger partial charge in [0.25, 0.3) is 0 Å². The smallest absolute Gasteiger partial charge is 0.233 e. The third kappa shape index (κ3) is 5.01. The van der Waals surface area contributed by atoms with Crippen LogP contribution in [0.15, 0.2) is 58.3 Å². The van der Waals surface area contributed by atoms with Crippen LogP contribution in [0.2, 0.25) is 0 Å². The summed E-state index contributed by atoms with van der Waals surface area (Å²) in [6.07, 6.45) is 1.62. The van der Waals surface area contributed by atoms with E-state index in [1.54, 1.807) is 6.26 Å². The van der Waals surface area contributed by atoms with Gasteiger partial charge in [-0.25, -0.2) is 0 Å². The summed E-state index contributed by atoms with van der Waals surface area (Å²) in [5.41, 5.74) is 1.13. The van der Waals surface area contributed by atoms with E-state index < -0.39 is 0 Å². The largest absolute Gasteiger partial charge is 0.461 e. The van der Waals surface area contributed by atoms with E-state index in [1.165, 1.54) is 11.8 Å². The molecule has 0 fully saturated rings. The van der Waals surface area contributed by atoms with E-state index in [9.17, 15) is 4.79 Å². The van der Waals surface area contributed by atoms with Crippen LogP contribution in [0.4, 0.5) is 0 Å². The van der Waals surface area contributed by atoms with Crippen LogP contribution < -0.4 is 5.32 Å². The van der Waals surface area contributed by atoms with Crippen molar-refractivity contribution in [1.29, 1.82) is 0 Å². The molecule has 1 aromatic carbocycles. The van der Waals surface area contributed by atoms with Crippen LogP contribution in [-0.4, -0.2) is 32.5 Å². The number of carbonyl (C=O) groups excluding carboxylic acids is 1. The molecule has 0 bridgehead atoms. The summed E-state index contributed by atoms with van der Waals surface area (Å²) in [7, 11) is 0. The lowest BCUT2D eigenvalue weighted by Gasteiger charge is -2.14. The molecule has 27 heavy (non-hydrogen) atoms. The van der Waals surface area contributed by atoms with Crippen molar-refractivity contribution < 1.29 is 9.21 Å². The highest BCUT2D eigenvalue weighted by molar-refractivity contribution is 8.00. The number of benzene rings is 1. The fraction of sp³-hybridized carbons (Fsp3) is 0.350. The maximum Gasteiger partial charge on any atom is 0.233 e. The first-order chi connectivity index (χ1) is 13.0. The van der Waals surface area contributed by atoms with Crippen molar-refractivity contribution in [3.05, 3.63) is 54.3 Å². The van der Waals surface area contributed by atoms with Gasteiger partial charge in [0.2, 0.25) is 11.7 Å². The number of thioether (sulfide) groups is 1. The third-order valence-corrected chi connectivity index (χ3v) is 5.06. The second-order valence-electron chi connectivity index (χ2n) is 6.75. The summed E-state index contributed by atoms with van der Waals surface area (Å²) in [4.78, 5) is 12.3. The maximum atomic E-state index is 12.3. The molecule has 1 amide bonds. The van der Waals surface area contributed by atoms with Gasteiger partial charge in [-0.1, -0.05) is 55.9 Å². The van der Waals surface area contributed by atoms with Crippen LogP contribution in [0.25, 0.3) is 11.6 Å². The quantitative estimate of drug-likeness (QED) is 0.598. The molecular weight excluding hydrogens is 360 g/mol. The van der Waals surface area contributed by atoms with Crippen molar-refractivity contribution in [1.82, 2.24) is 20.1 Å². The molecule has 2 heterocycles. The molecule has 0 saturated heterocycles. The summed E-state index contributed by atoms with van der Waals surface area (Å²) < 4.78 is 7.51. The Hall–Kier alpha value is -2.54. The molecule has 1 unspecified atom stereocenters. The van der Waals surface area contributed by atoms with E-state index >= 15 is 0 Å². The molecule has 7 heteroatoms. The minimum atomic E-state index is -0.271.